The van der Waals surface area contributed by atoms with E-state index >= 15 is 0 Å². The van der Waals surface area contributed by atoms with Crippen LogP contribution in [0.4, 0.5) is 0 Å². The zero-order valence-electron chi connectivity index (χ0n) is 11.9. The van der Waals surface area contributed by atoms with Gasteiger partial charge in [0, 0.05) is 6.61 Å². The van der Waals surface area contributed by atoms with Crippen LogP contribution in [0.5, 0.6) is 11.5 Å². The summed E-state index contributed by atoms with van der Waals surface area (Å²) in [7, 11) is -3.18. The summed E-state index contributed by atoms with van der Waals surface area (Å²) >= 11 is 0. The molecule has 1 aromatic rings. The maximum atomic E-state index is 10.8. The summed E-state index contributed by atoms with van der Waals surface area (Å²) in [6.07, 6.45) is 0.983. The number of phosphoric acid groups is 1. The van der Waals surface area contributed by atoms with Gasteiger partial charge < -0.3 is 14.0 Å². The topological polar surface area (TPSA) is 85.2 Å². The quantitative estimate of drug-likeness (QED) is 0.567. The third kappa shape index (κ3) is 6.39. The van der Waals surface area contributed by atoms with Gasteiger partial charge >= 0.3 is 7.82 Å². The Kier molecular flexibility index (Phi) is 6.49. The first-order valence-electron chi connectivity index (χ1n) is 6.31. The van der Waals surface area contributed by atoms with E-state index in [-0.39, 0.29) is 11.5 Å². The Labute approximate surface area is 118 Å². The lowest BCUT2D eigenvalue weighted by molar-refractivity contribution is 0.110. The Morgan fingerprint density at radius 3 is 2.50 bits per heavy atom. The number of phosphoric ester groups is 1. The fourth-order valence-electron chi connectivity index (χ4n) is 1.51. The molecular weight excluding hydrogens is 283 g/mol. The highest BCUT2D eigenvalue weighted by atomic mass is 31.2. The van der Waals surface area contributed by atoms with Gasteiger partial charge in [0.1, 0.15) is 0 Å². The molecule has 0 aliphatic carbocycles. The molecule has 0 spiro atoms. The van der Waals surface area contributed by atoms with Gasteiger partial charge in [-0.15, -0.1) is 0 Å². The maximum absolute atomic E-state index is 10.8. The fourth-order valence-corrected chi connectivity index (χ4v) is 1.92. The molecule has 0 aliphatic heterocycles. The molecular formula is C13H21O6P. The van der Waals surface area contributed by atoms with E-state index in [1.165, 1.54) is 13.2 Å². The van der Waals surface area contributed by atoms with Crippen molar-refractivity contribution in [2.75, 3.05) is 13.7 Å². The minimum atomic E-state index is -4.59. The van der Waals surface area contributed by atoms with Crippen LogP contribution in [0, 0.1) is 5.92 Å². The zero-order valence-corrected chi connectivity index (χ0v) is 12.8. The van der Waals surface area contributed by atoms with Gasteiger partial charge in [-0.05, 0) is 30.0 Å². The predicted molar refractivity (Wildman–Crippen MR) is 74.8 cm³/mol. The van der Waals surface area contributed by atoms with Crippen molar-refractivity contribution in [1.82, 2.24) is 0 Å². The van der Waals surface area contributed by atoms with Crippen molar-refractivity contribution in [2.45, 2.75) is 26.9 Å². The molecule has 0 aromatic heterocycles. The summed E-state index contributed by atoms with van der Waals surface area (Å²) in [6, 6.07) is 4.78. The van der Waals surface area contributed by atoms with Crippen molar-refractivity contribution in [3.05, 3.63) is 23.8 Å². The largest absolute Gasteiger partial charge is 0.524 e. The van der Waals surface area contributed by atoms with Crippen molar-refractivity contribution in [1.29, 1.82) is 0 Å². The molecule has 7 heteroatoms. The molecule has 20 heavy (non-hydrogen) atoms. The molecule has 0 aliphatic rings. The van der Waals surface area contributed by atoms with E-state index in [9.17, 15) is 4.57 Å². The lowest BCUT2D eigenvalue weighted by atomic mass is 10.1. The second-order valence-corrected chi connectivity index (χ2v) is 5.97. The van der Waals surface area contributed by atoms with Crippen LogP contribution in [-0.2, 0) is 15.9 Å². The van der Waals surface area contributed by atoms with E-state index in [4.69, 9.17) is 19.3 Å². The predicted octanol–water partition coefficient (Wildman–Crippen LogP) is 2.73. The molecule has 0 atom stereocenters. The average molecular weight is 304 g/mol. The second kappa shape index (κ2) is 7.64. The molecule has 0 saturated carbocycles. The smallest absolute Gasteiger partial charge is 0.493 e. The molecule has 6 nitrogen and oxygen atoms in total. The summed E-state index contributed by atoms with van der Waals surface area (Å²) in [4.78, 5) is 17.6. The minimum Gasteiger partial charge on any atom is -0.493 e. The van der Waals surface area contributed by atoms with Gasteiger partial charge in [0.2, 0.25) is 0 Å². The highest BCUT2D eigenvalue weighted by Gasteiger charge is 2.19. The first-order chi connectivity index (χ1) is 9.31. The molecule has 0 radical (unpaired) electrons. The summed E-state index contributed by atoms with van der Waals surface area (Å²) in [5.41, 5.74) is 0.851. The van der Waals surface area contributed by atoms with E-state index in [0.717, 1.165) is 12.0 Å². The summed E-state index contributed by atoms with van der Waals surface area (Å²) < 4.78 is 25.9. The van der Waals surface area contributed by atoms with Crippen LogP contribution in [0.2, 0.25) is 0 Å². The van der Waals surface area contributed by atoms with E-state index in [2.05, 4.69) is 18.4 Å². The number of benzene rings is 1. The van der Waals surface area contributed by atoms with Crippen LogP contribution in [0.1, 0.15) is 25.8 Å². The average Bonchev–Trinajstić information content (AvgIpc) is 2.34. The molecule has 1 rings (SSSR count). The van der Waals surface area contributed by atoms with Gasteiger partial charge in [-0.1, -0.05) is 19.9 Å². The van der Waals surface area contributed by atoms with E-state index in [1.807, 2.05) is 0 Å². The molecule has 1 aromatic carbocycles. The van der Waals surface area contributed by atoms with Crippen LogP contribution in [0.3, 0.4) is 0 Å². The molecule has 0 fully saturated rings. The summed E-state index contributed by atoms with van der Waals surface area (Å²) in [6.45, 7) is 5.33. The maximum Gasteiger partial charge on any atom is 0.524 e. The summed E-state index contributed by atoms with van der Waals surface area (Å²) in [5, 5.41) is 0. The number of methoxy groups -OCH3 is 1. The number of hydrogen-bond acceptors (Lipinski definition) is 4. The van der Waals surface area contributed by atoms with Crippen LogP contribution >= 0.6 is 7.82 Å². The number of rotatable bonds is 8. The SMILES string of the molecule is COc1cc(COCCC(C)C)ccc1OP(=O)(O)O. The highest BCUT2D eigenvalue weighted by Crippen LogP contribution is 2.42. The summed E-state index contributed by atoms with van der Waals surface area (Å²) in [5.74, 6) is 0.855. The second-order valence-electron chi connectivity index (χ2n) is 4.80. The van der Waals surface area contributed by atoms with Crippen LogP contribution < -0.4 is 9.26 Å². The molecule has 0 saturated heterocycles. The molecule has 0 bridgehead atoms. The Hall–Kier alpha value is -1.07. The molecule has 0 amide bonds. The van der Waals surface area contributed by atoms with Crippen molar-refractivity contribution in [3.8, 4) is 11.5 Å². The monoisotopic (exact) mass is 304 g/mol. The van der Waals surface area contributed by atoms with Crippen molar-refractivity contribution < 1.29 is 28.3 Å². The first-order valence-corrected chi connectivity index (χ1v) is 7.84. The van der Waals surface area contributed by atoms with Crippen LogP contribution in [0.25, 0.3) is 0 Å². The minimum absolute atomic E-state index is 0.00626. The normalized spacial score (nSPS) is 11.7. The van der Waals surface area contributed by atoms with E-state index in [0.29, 0.717) is 19.1 Å². The van der Waals surface area contributed by atoms with Gasteiger partial charge in [-0.25, -0.2) is 4.57 Å². The lowest BCUT2D eigenvalue weighted by Gasteiger charge is -2.12. The fraction of sp³-hybridized carbons (Fsp3) is 0.538. The molecule has 0 heterocycles. The van der Waals surface area contributed by atoms with Gasteiger partial charge in [-0.2, -0.15) is 0 Å². The third-order valence-electron chi connectivity index (χ3n) is 2.55. The Bertz CT molecular complexity index is 468. The Morgan fingerprint density at radius 1 is 1.25 bits per heavy atom. The van der Waals surface area contributed by atoms with E-state index in [1.54, 1.807) is 12.1 Å². The first kappa shape index (κ1) is 17.0. The standard InChI is InChI=1S/C13H21O6P/c1-10(2)6-7-18-9-11-4-5-12(13(8-11)17-3)19-20(14,15)16/h4-5,8,10H,6-7,9H2,1-3H3,(H2,14,15,16). The van der Waals surface area contributed by atoms with Crippen molar-refractivity contribution >= 4 is 7.82 Å². The third-order valence-corrected chi connectivity index (χ3v) is 2.99. The van der Waals surface area contributed by atoms with Gasteiger partial charge in [0.25, 0.3) is 0 Å². The van der Waals surface area contributed by atoms with Gasteiger partial charge in [0.15, 0.2) is 11.5 Å². The molecule has 114 valence electrons. The van der Waals surface area contributed by atoms with Crippen molar-refractivity contribution in [3.63, 3.8) is 0 Å². The Balaban J connectivity index is 2.65. The van der Waals surface area contributed by atoms with E-state index < -0.39 is 7.82 Å². The number of ether oxygens (including phenoxy) is 2. The van der Waals surface area contributed by atoms with Crippen molar-refractivity contribution in [2.24, 2.45) is 5.92 Å². The molecule has 2 N–H and O–H groups in total. The lowest BCUT2D eigenvalue weighted by Crippen LogP contribution is -2.00. The molecule has 0 unspecified atom stereocenters. The highest BCUT2D eigenvalue weighted by molar-refractivity contribution is 7.46. The van der Waals surface area contributed by atoms with Crippen LogP contribution in [0.15, 0.2) is 18.2 Å². The zero-order chi connectivity index (χ0) is 15.2. The van der Waals surface area contributed by atoms with Gasteiger partial charge in [-0.3, -0.25) is 9.79 Å². The Morgan fingerprint density at radius 2 is 1.95 bits per heavy atom. The van der Waals surface area contributed by atoms with Crippen LogP contribution in [-0.4, -0.2) is 23.5 Å². The van der Waals surface area contributed by atoms with Gasteiger partial charge in [0.05, 0.1) is 13.7 Å². The number of hydrogen-bond donors (Lipinski definition) is 2.